The van der Waals surface area contributed by atoms with Crippen LogP contribution in [0.2, 0.25) is 5.02 Å². The quantitative estimate of drug-likeness (QED) is 0.653. The van der Waals surface area contributed by atoms with E-state index in [9.17, 15) is 23.3 Å². The second-order valence-electron chi connectivity index (χ2n) is 4.43. The highest BCUT2D eigenvalue weighted by Gasteiger charge is 2.31. The predicted molar refractivity (Wildman–Crippen MR) is 75.4 cm³/mol. The van der Waals surface area contributed by atoms with Crippen LogP contribution in [0.4, 0.5) is 30.4 Å². The maximum absolute atomic E-state index is 12.5. The van der Waals surface area contributed by atoms with Gasteiger partial charge in [-0.1, -0.05) is 17.7 Å². The average molecular weight is 332 g/mol. The zero-order valence-electron chi connectivity index (χ0n) is 11.1. The van der Waals surface area contributed by atoms with Gasteiger partial charge in [0.25, 0.3) is 5.69 Å². The van der Waals surface area contributed by atoms with E-state index in [1.165, 1.54) is 18.2 Å². The minimum Gasteiger partial charge on any atom is -0.339 e. The molecule has 5 nitrogen and oxygen atoms in total. The van der Waals surface area contributed by atoms with E-state index in [-0.39, 0.29) is 16.5 Å². The summed E-state index contributed by atoms with van der Waals surface area (Å²) >= 11 is 5.78. The summed E-state index contributed by atoms with van der Waals surface area (Å²) in [6, 6.07) is 4.83. The highest BCUT2D eigenvalue weighted by molar-refractivity contribution is 6.33. The number of alkyl halides is 3. The Balaban J connectivity index is 2.35. The number of hydrogen-bond acceptors (Lipinski definition) is 4. The fourth-order valence-electron chi connectivity index (χ4n) is 1.67. The highest BCUT2D eigenvalue weighted by atomic mass is 35.5. The fourth-order valence-corrected chi connectivity index (χ4v) is 1.88. The number of halogens is 4. The number of aryl methyl sites for hydroxylation is 1. The van der Waals surface area contributed by atoms with Crippen molar-refractivity contribution in [3.05, 3.63) is 56.7 Å². The SMILES string of the molecule is Cc1ccc([N+](=O)[O-])cc1Nc1ncc(C(F)(F)F)cc1Cl. The van der Waals surface area contributed by atoms with Crippen molar-refractivity contribution in [2.75, 3.05) is 5.32 Å². The second-order valence-corrected chi connectivity index (χ2v) is 4.84. The predicted octanol–water partition coefficient (Wildman–Crippen LogP) is 4.71. The molecule has 0 saturated carbocycles. The van der Waals surface area contributed by atoms with E-state index in [1.807, 2.05) is 0 Å². The first kappa shape index (κ1) is 16.0. The molecule has 0 amide bonds. The van der Waals surface area contributed by atoms with E-state index in [0.29, 0.717) is 17.4 Å². The van der Waals surface area contributed by atoms with Gasteiger partial charge in [-0.15, -0.1) is 0 Å². The molecule has 9 heteroatoms. The number of anilines is 2. The summed E-state index contributed by atoms with van der Waals surface area (Å²) in [5.41, 5.74) is -0.137. The van der Waals surface area contributed by atoms with Crippen LogP contribution in [0.15, 0.2) is 30.5 Å². The first-order valence-electron chi connectivity index (χ1n) is 5.93. The van der Waals surface area contributed by atoms with E-state index < -0.39 is 16.7 Å². The largest absolute Gasteiger partial charge is 0.417 e. The first-order chi connectivity index (χ1) is 10.2. The molecule has 1 aromatic heterocycles. The Kier molecular flexibility index (Phi) is 4.23. The lowest BCUT2D eigenvalue weighted by Gasteiger charge is -2.12. The van der Waals surface area contributed by atoms with E-state index in [1.54, 1.807) is 6.92 Å². The number of nitrogens with one attached hydrogen (secondary N) is 1. The third-order valence-corrected chi connectivity index (χ3v) is 3.14. The maximum atomic E-state index is 12.5. The third kappa shape index (κ3) is 3.45. The molecule has 0 saturated heterocycles. The lowest BCUT2D eigenvalue weighted by Crippen LogP contribution is -2.07. The van der Waals surface area contributed by atoms with Crippen molar-refractivity contribution < 1.29 is 18.1 Å². The molecular weight excluding hydrogens is 323 g/mol. The number of non-ortho nitro benzene ring substituents is 1. The molecule has 1 aromatic carbocycles. The molecule has 0 aliphatic rings. The molecule has 0 unspecified atom stereocenters. The number of nitro benzene ring substituents is 1. The number of pyridine rings is 1. The van der Waals surface area contributed by atoms with Gasteiger partial charge < -0.3 is 5.32 Å². The van der Waals surface area contributed by atoms with Gasteiger partial charge in [0.1, 0.15) is 5.82 Å². The van der Waals surface area contributed by atoms with Gasteiger partial charge in [0.15, 0.2) is 0 Å². The number of benzene rings is 1. The highest BCUT2D eigenvalue weighted by Crippen LogP contribution is 2.34. The Labute approximate surface area is 127 Å². The van der Waals surface area contributed by atoms with Crippen LogP contribution in [-0.4, -0.2) is 9.91 Å². The standard InChI is InChI=1S/C13H9ClF3N3O2/c1-7-2-3-9(20(21)22)5-11(7)19-12-10(14)4-8(6-18-12)13(15,16)17/h2-6H,1H3,(H,18,19). The maximum Gasteiger partial charge on any atom is 0.417 e. The van der Waals surface area contributed by atoms with Gasteiger partial charge in [-0.05, 0) is 18.6 Å². The van der Waals surface area contributed by atoms with Crippen LogP contribution in [0.25, 0.3) is 0 Å². The van der Waals surface area contributed by atoms with E-state index >= 15 is 0 Å². The lowest BCUT2D eigenvalue weighted by atomic mass is 10.2. The molecule has 1 heterocycles. The number of nitrogens with zero attached hydrogens (tertiary/aromatic N) is 2. The Bertz CT molecular complexity index is 735. The summed E-state index contributed by atoms with van der Waals surface area (Å²) in [6.45, 7) is 1.68. The molecule has 2 rings (SSSR count). The minimum absolute atomic E-state index is 0.0155. The molecule has 0 spiro atoms. The van der Waals surface area contributed by atoms with Crippen molar-refractivity contribution in [1.82, 2.24) is 4.98 Å². The van der Waals surface area contributed by atoms with Crippen LogP contribution in [0.5, 0.6) is 0 Å². The summed E-state index contributed by atoms with van der Waals surface area (Å²) in [7, 11) is 0. The van der Waals surface area contributed by atoms with Crippen LogP contribution in [0.3, 0.4) is 0 Å². The number of rotatable bonds is 3. The molecule has 0 aliphatic heterocycles. The number of nitro groups is 1. The van der Waals surface area contributed by atoms with Crippen molar-refractivity contribution in [1.29, 1.82) is 0 Å². The van der Waals surface area contributed by atoms with Crippen molar-refractivity contribution in [3.63, 3.8) is 0 Å². The van der Waals surface area contributed by atoms with Gasteiger partial charge in [0, 0.05) is 24.0 Å². The average Bonchev–Trinajstić information content (AvgIpc) is 2.41. The molecular formula is C13H9ClF3N3O2. The van der Waals surface area contributed by atoms with Gasteiger partial charge in [-0.3, -0.25) is 10.1 Å². The van der Waals surface area contributed by atoms with E-state index in [4.69, 9.17) is 11.6 Å². The van der Waals surface area contributed by atoms with Crippen molar-refractivity contribution in [3.8, 4) is 0 Å². The molecule has 22 heavy (non-hydrogen) atoms. The molecule has 0 bridgehead atoms. The molecule has 0 radical (unpaired) electrons. The first-order valence-corrected chi connectivity index (χ1v) is 6.31. The van der Waals surface area contributed by atoms with Gasteiger partial charge in [-0.2, -0.15) is 13.2 Å². The van der Waals surface area contributed by atoms with Crippen LogP contribution in [-0.2, 0) is 6.18 Å². The monoisotopic (exact) mass is 331 g/mol. The van der Waals surface area contributed by atoms with Crippen molar-refractivity contribution in [2.45, 2.75) is 13.1 Å². The zero-order chi connectivity index (χ0) is 16.5. The summed E-state index contributed by atoms with van der Waals surface area (Å²) < 4.78 is 37.6. The smallest absolute Gasteiger partial charge is 0.339 e. The third-order valence-electron chi connectivity index (χ3n) is 2.85. The Morgan fingerprint density at radius 3 is 2.55 bits per heavy atom. The summed E-state index contributed by atoms with van der Waals surface area (Å²) in [6.07, 6.45) is -3.91. The summed E-state index contributed by atoms with van der Waals surface area (Å²) in [5, 5.41) is 13.2. The van der Waals surface area contributed by atoms with Crippen LogP contribution in [0, 0.1) is 17.0 Å². The van der Waals surface area contributed by atoms with E-state index in [0.717, 1.165) is 6.07 Å². The Morgan fingerprint density at radius 2 is 2.00 bits per heavy atom. The second kappa shape index (κ2) is 5.80. The molecule has 0 fully saturated rings. The Morgan fingerprint density at radius 1 is 1.32 bits per heavy atom. The van der Waals surface area contributed by atoms with Gasteiger partial charge in [0.05, 0.1) is 15.5 Å². The normalized spacial score (nSPS) is 11.3. The van der Waals surface area contributed by atoms with Crippen LogP contribution >= 0.6 is 11.6 Å². The van der Waals surface area contributed by atoms with Crippen LogP contribution in [0.1, 0.15) is 11.1 Å². The molecule has 1 N–H and O–H groups in total. The minimum atomic E-state index is -4.55. The fraction of sp³-hybridized carbons (Fsp3) is 0.154. The molecule has 0 aliphatic carbocycles. The molecule has 0 atom stereocenters. The van der Waals surface area contributed by atoms with Gasteiger partial charge >= 0.3 is 6.18 Å². The van der Waals surface area contributed by atoms with Gasteiger partial charge in [0.2, 0.25) is 0 Å². The number of aromatic nitrogens is 1. The molecule has 116 valence electrons. The molecule has 2 aromatic rings. The summed E-state index contributed by atoms with van der Waals surface area (Å²) in [4.78, 5) is 13.8. The summed E-state index contributed by atoms with van der Waals surface area (Å²) in [5.74, 6) is -0.0155. The zero-order valence-corrected chi connectivity index (χ0v) is 11.9. The van der Waals surface area contributed by atoms with Crippen LogP contribution < -0.4 is 5.32 Å². The topological polar surface area (TPSA) is 68.1 Å². The lowest BCUT2D eigenvalue weighted by molar-refractivity contribution is -0.384. The van der Waals surface area contributed by atoms with Crippen molar-refractivity contribution in [2.24, 2.45) is 0 Å². The van der Waals surface area contributed by atoms with E-state index in [2.05, 4.69) is 10.3 Å². The van der Waals surface area contributed by atoms with Gasteiger partial charge in [-0.25, -0.2) is 4.98 Å². The van der Waals surface area contributed by atoms with Crippen molar-refractivity contribution >= 4 is 28.8 Å². The number of hydrogen-bond donors (Lipinski definition) is 1. The Hall–Kier alpha value is -2.35.